The highest BCUT2D eigenvalue weighted by atomic mass is 32.2. The van der Waals surface area contributed by atoms with Crippen LogP contribution in [0.15, 0.2) is 95.9 Å². The molecule has 2 heterocycles. The minimum absolute atomic E-state index is 0.0618. The number of sulfonamides is 1. The number of carbonyl (C=O) groups is 1. The van der Waals surface area contributed by atoms with E-state index in [0.29, 0.717) is 30.1 Å². The molecule has 6 nitrogen and oxygen atoms in total. The molecule has 3 aromatic carbocycles. The van der Waals surface area contributed by atoms with E-state index in [1.165, 1.54) is 41.6 Å². The highest BCUT2D eigenvalue weighted by molar-refractivity contribution is 7.93. The Morgan fingerprint density at radius 3 is 2.31 bits per heavy atom. The van der Waals surface area contributed by atoms with Gasteiger partial charge in [-0.1, -0.05) is 60.7 Å². The number of anilines is 1. The standard InChI is InChI=1S/C32H29N3O3S/c1-22-18-23(2)33-32-29(22)19-31(26-16-17-26)34(32)20-24-12-14-25(15-13-24)28-10-6-7-11-30(28)35(21-36)39(37,38)27-8-4-3-5-9-27/h3-15,18-19,21,26H,16-17,20H2,1-2H3. The highest BCUT2D eigenvalue weighted by Crippen LogP contribution is 2.43. The Balaban J connectivity index is 1.35. The van der Waals surface area contributed by atoms with Crippen LogP contribution in [0.4, 0.5) is 5.69 Å². The Bertz CT molecular complexity index is 1790. The van der Waals surface area contributed by atoms with Crippen LogP contribution in [0, 0.1) is 13.8 Å². The predicted octanol–water partition coefficient (Wildman–Crippen LogP) is 6.60. The third-order valence-corrected chi connectivity index (χ3v) is 9.04. The SMILES string of the molecule is Cc1cc(C)c2cc(C3CC3)n(Cc3ccc(-c4ccccc4N(C=O)S(=O)(=O)c4ccccc4)cc3)c2n1. The Hall–Kier alpha value is -4.23. The monoisotopic (exact) mass is 535 g/mol. The van der Waals surface area contributed by atoms with Gasteiger partial charge < -0.3 is 4.57 Å². The first kappa shape index (κ1) is 25.1. The summed E-state index contributed by atoms with van der Waals surface area (Å²) < 4.78 is 29.8. The molecule has 7 heteroatoms. The van der Waals surface area contributed by atoms with Crippen molar-refractivity contribution in [2.24, 2.45) is 0 Å². The van der Waals surface area contributed by atoms with Crippen LogP contribution in [0.1, 0.15) is 41.3 Å². The Kier molecular flexibility index (Phi) is 6.31. The number of fused-ring (bicyclic) bond motifs is 1. The molecule has 1 saturated carbocycles. The zero-order valence-electron chi connectivity index (χ0n) is 21.9. The number of aromatic nitrogens is 2. The number of para-hydroxylation sites is 1. The molecule has 39 heavy (non-hydrogen) atoms. The van der Waals surface area contributed by atoms with Gasteiger partial charge in [0, 0.05) is 28.9 Å². The van der Waals surface area contributed by atoms with Gasteiger partial charge in [-0.25, -0.2) is 17.7 Å². The fourth-order valence-corrected chi connectivity index (χ4v) is 6.53. The van der Waals surface area contributed by atoms with Crippen molar-refractivity contribution in [2.45, 2.75) is 44.0 Å². The van der Waals surface area contributed by atoms with Crippen molar-refractivity contribution in [3.63, 3.8) is 0 Å². The van der Waals surface area contributed by atoms with Crippen molar-refractivity contribution in [1.82, 2.24) is 9.55 Å². The molecule has 0 atom stereocenters. The smallest absolute Gasteiger partial charge is 0.270 e. The number of rotatable bonds is 8. The van der Waals surface area contributed by atoms with Crippen molar-refractivity contribution >= 4 is 33.2 Å². The number of carbonyl (C=O) groups excluding carboxylic acids is 1. The zero-order chi connectivity index (χ0) is 27.1. The summed E-state index contributed by atoms with van der Waals surface area (Å²) in [7, 11) is -4.06. The van der Waals surface area contributed by atoms with E-state index >= 15 is 0 Å². The van der Waals surface area contributed by atoms with E-state index in [9.17, 15) is 13.2 Å². The molecule has 0 unspecified atom stereocenters. The predicted molar refractivity (Wildman–Crippen MR) is 154 cm³/mol. The molecular formula is C32H29N3O3S. The Morgan fingerprint density at radius 2 is 1.62 bits per heavy atom. The van der Waals surface area contributed by atoms with Gasteiger partial charge in [0.1, 0.15) is 5.65 Å². The van der Waals surface area contributed by atoms with E-state index in [4.69, 9.17) is 4.98 Å². The van der Waals surface area contributed by atoms with Gasteiger partial charge in [-0.2, -0.15) is 0 Å². The molecule has 6 rings (SSSR count). The largest absolute Gasteiger partial charge is 0.325 e. The second-order valence-electron chi connectivity index (χ2n) is 10.2. The number of benzene rings is 3. The van der Waals surface area contributed by atoms with Gasteiger partial charge in [-0.3, -0.25) is 4.79 Å². The number of nitrogens with zero attached hydrogens (tertiary/aromatic N) is 3. The van der Waals surface area contributed by atoms with Gasteiger partial charge in [0.25, 0.3) is 10.0 Å². The van der Waals surface area contributed by atoms with Crippen LogP contribution in [0.2, 0.25) is 0 Å². The van der Waals surface area contributed by atoms with E-state index in [-0.39, 0.29) is 4.90 Å². The van der Waals surface area contributed by atoms with E-state index in [0.717, 1.165) is 26.8 Å². The maximum Gasteiger partial charge on any atom is 0.270 e. The lowest BCUT2D eigenvalue weighted by Gasteiger charge is -2.21. The molecule has 0 aliphatic heterocycles. The summed E-state index contributed by atoms with van der Waals surface area (Å²) >= 11 is 0. The minimum atomic E-state index is -4.06. The molecule has 2 aromatic heterocycles. The summed E-state index contributed by atoms with van der Waals surface area (Å²) in [5.74, 6) is 0.589. The minimum Gasteiger partial charge on any atom is -0.325 e. The first-order chi connectivity index (χ1) is 18.9. The number of aryl methyl sites for hydroxylation is 2. The van der Waals surface area contributed by atoms with Crippen molar-refractivity contribution in [2.75, 3.05) is 4.31 Å². The van der Waals surface area contributed by atoms with Crippen molar-refractivity contribution in [3.05, 3.63) is 114 Å². The van der Waals surface area contributed by atoms with E-state index in [1.54, 1.807) is 30.3 Å². The highest BCUT2D eigenvalue weighted by Gasteiger charge is 2.29. The van der Waals surface area contributed by atoms with Gasteiger partial charge in [-0.15, -0.1) is 0 Å². The van der Waals surface area contributed by atoms with E-state index in [1.807, 2.05) is 31.2 Å². The molecule has 0 saturated heterocycles. The zero-order valence-corrected chi connectivity index (χ0v) is 22.7. The number of hydrogen-bond donors (Lipinski definition) is 0. The fourth-order valence-electron chi connectivity index (χ4n) is 5.27. The first-order valence-electron chi connectivity index (χ1n) is 13.1. The lowest BCUT2D eigenvalue weighted by atomic mass is 10.0. The van der Waals surface area contributed by atoms with Crippen molar-refractivity contribution < 1.29 is 13.2 Å². The Labute approximate surface area is 228 Å². The lowest BCUT2D eigenvalue weighted by molar-refractivity contribution is -0.106. The summed E-state index contributed by atoms with van der Waals surface area (Å²) in [6, 6.07) is 27.6. The third kappa shape index (κ3) is 4.63. The summed E-state index contributed by atoms with van der Waals surface area (Å²) in [6.07, 6.45) is 2.79. The van der Waals surface area contributed by atoms with Crippen LogP contribution in [-0.4, -0.2) is 24.4 Å². The number of hydrogen-bond acceptors (Lipinski definition) is 4. The number of amides is 1. The normalized spacial score (nSPS) is 13.5. The maximum absolute atomic E-state index is 13.3. The maximum atomic E-state index is 13.3. The van der Waals surface area contributed by atoms with E-state index < -0.39 is 10.0 Å². The van der Waals surface area contributed by atoms with Crippen LogP contribution in [0.5, 0.6) is 0 Å². The quantitative estimate of drug-likeness (QED) is 0.210. The van der Waals surface area contributed by atoms with Gasteiger partial charge in [0.2, 0.25) is 6.41 Å². The van der Waals surface area contributed by atoms with Crippen LogP contribution < -0.4 is 4.31 Å². The second-order valence-corrected chi connectivity index (χ2v) is 12.0. The summed E-state index contributed by atoms with van der Waals surface area (Å²) in [6.45, 7) is 4.88. The molecule has 0 bridgehead atoms. The molecule has 5 aromatic rings. The molecule has 1 aliphatic carbocycles. The molecule has 0 spiro atoms. The molecule has 1 amide bonds. The second kappa shape index (κ2) is 9.82. The van der Waals surface area contributed by atoms with Gasteiger partial charge >= 0.3 is 0 Å². The van der Waals surface area contributed by atoms with Gasteiger partial charge in [0.05, 0.1) is 10.6 Å². The average Bonchev–Trinajstić information content (AvgIpc) is 3.73. The van der Waals surface area contributed by atoms with Crippen LogP contribution in [0.3, 0.4) is 0 Å². The van der Waals surface area contributed by atoms with E-state index in [2.05, 4.69) is 35.8 Å². The molecule has 0 N–H and O–H groups in total. The number of pyridine rings is 1. The van der Waals surface area contributed by atoms with Gasteiger partial charge in [0.15, 0.2) is 0 Å². The van der Waals surface area contributed by atoms with Gasteiger partial charge in [-0.05, 0) is 79.6 Å². The summed E-state index contributed by atoms with van der Waals surface area (Å²) in [5.41, 5.74) is 7.55. The van der Waals surface area contributed by atoms with Crippen LogP contribution in [-0.2, 0) is 21.4 Å². The topological polar surface area (TPSA) is 72.3 Å². The Morgan fingerprint density at radius 1 is 0.923 bits per heavy atom. The van der Waals surface area contributed by atoms with Crippen molar-refractivity contribution in [1.29, 1.82) is 0 Å². The third-order valence-electron chi connectivity index (χ3n) is 7.37. The molecule has 1 fully saturated rings. The van der Waals surface area contributed by atoms with Crippen LogP contribution >= 0.6 is 0 Å². The molecule has 1 aliphatic rings. The average molecular weight is 536 g/mol. The van der Waals surface area contributed by atoms with Crippen molar-refractivity contribution in [3.8, 4) is 11.1 Å². The molecule has 0 radical (unpaired) electrons. The molecule has 196 valence electrons. The fraction of sp³-hybridized carbons (Fsp3) is 0.188. The summed E-state index contributed by atoms with van der Waals surface area (Å²) in [4.78, 5) is 17.1. The summed E-state index contributed by atoms with van der Waals surface area (Å²) in [5, 5.41) is 1.21. The van der Waals surface area contributed by atoms with Crippen LogP contribution in [0.25, 0.3) is 22.2 Å². The first-order valence-corrected chi connectivity index (χ1v) is 14.5. The lowest BCUT2D eigenvalue weighted by Crippen LogP contribution is -2.30. The molecular weight excluding hydrogens is 506 g/mol.